The number of nitrogens with zero attached hydrogens (tertiary/aromatic N) is 1. The summed E-state index contributed by atoms with van der Waals surface area (Å²) in [6.45, 7) is -0.517. The summed E-state index contributed by atoms with van der Waals surface area (Å²) in [7, 11) is 0. The summed E-state index contributed by atoms with van der Waals surface area (Å²) < 4.78 is 4.85. The average Bonchev–Trinajstić information content (AvgIpc) is 2.76. The fourth-order valence-corrected chi connectivity index (χ4v) is 2.59. The third-order valence-corrected chi connectivity index (χ3v) is 4.31. The van der Waals surface area contributed by atoms with Crippen molar-refractivity contribution in [1.82, 2.24) is 10.9 Å². The first-order chi connectivity index (χ1) is 14.8. The lowest BCUT2D eigenvalue weighted by Gasteiger charge is -2.08. The first-order valence-electron chi connectivity index (χ1n) is 9.05. The molecule has 0 aliphatic carbocycles. The van der Waals surface area contributed by atoms with Crippen LogP contribution in [-0.4, -0.2) is 35.1 Å². The number of hydrogen-bond acceptors (Lipinski definition) is 7. The third-order valence-electron chi connectivity index (χ3n) is 3.98. The van der Waals surface area contributed by atoms with Gasteiger partial charge in [-0.25, -0.2) is 0 Å². The molecule has 162 valence electrons. The van der Waals surface area contributed by atoms with E-state index in [0.717, 1.165) is 0 Å². The Morgan fingerprint density at radius 3 is 2.29 bits per heavy atom. The minimum absolute atomic E-state index is 0.0613. The topological polar surface area (TPSA) is 145 Å². The Balaban J connectivity index is 1.65. The van der Waals surface area contributed by atoms with E-state index in [1.54, 1.807) is 12.1 Å². The fraction of sp³-hybridized carbons (Fsp3) is 0.200. The predicted octanol–water partition coefficient (Wildman–Crippen LogP) is 2.61. The number of non-ortho nitro benzene ring substituents is 1. The summed E-state index contributed by atoms with van der Waals surface area (Å²) in [5.41, 5.74) is 4.65. The van der Waals surface area contributed by atoms with Crippen LogP contribution in [0.15, 0.2) is 48.5 Å². The number of halogens is 1. The molecule has 31 heavy (non-hydrogen) atoms. The second-order valence-electron chi connectivity index (χ2n) is 6.22. The van der Waals surface area contributed by atoms with E-state index in [-0.39, 0.29) is 41.1 Å². The number of carbonyl (C=O) groups excluding carboxylic acids is 4. The van der Waals surface area contributed by atoms with E-state index >= 15 is 0 Å². The van der Waals surface area contributed by atoms with E-state index < -0.39 is 35.1 Å². The first kappa shape index (κ1) is 23.5. The van der Waals surface area contributed by atoms with Gasteiger partial charge in [0.05, 0.1) is 15.5 Å². The Labute approximate surface area is 181 Å². The Bertz CT molecular complexity index is 993. The highest BCUT2D eigenvalue weighted by Gasteiger charge is 2.14. The monoisotopic (exact) mass is 447 g/mol. The molecule has 0 aliphatic rings. The number of nitro benzene ring substituents is 1. The van der Waals surface area contributed by atoms with Crippen LogP contribution in [0, 0.1) is 10.1 Å². The Morgan fingerprint density at radius 1 is 0.968 bits per heavy atom. The summed E-state index contributed by atoms with van der Waals surface area (Å²) in [5, 5.41) is 10.8. The minimum Gasteiger partial charge on any atom is -0.457 e. The molecular weight excluding hydrogens is 430 g/mol. The van der Waals surface area contributed by atoms with Crippen molar-refractivity contribution in [2.75, 3.05) is 6.61 Å². The van der Waals surface area contributed by atoms with Crippen molar-refractivity contribution >= 4 is 40.9 Å². The van der Waals surface area contributed by atoms with Crippen LogP contribution >= 0.6 is 11.6 Å². The van der Waals surface area contributed by atoms with Gasteiger partial charge in [0.25, 0.3) is 11.6 Å². The number of ketones is 1. The van der Waals surface area contributed by atoms with Gasteiger partial charge in [0.2, 0.25) is 5.91 Å². The van der Waals surface area contributed by atoms with Crippen molar-refractivity contribution in [2.45, 2.75) is 19.3 Å². The maximum atomic E-state index is 11.9. The van der Waals surface area contributed by atoms with E-state index in [9.17, 15) is 29.3 Å². The van der Waals surface area contributed by atoms with Crippen molar-refractivity contribution in [3.8, 4) is 0 Å². The second kappa shape index (κ2) is 11.4. The van der Waals surface area contributed by atoms with E-state index in [2.05, 4.69) is 10.9 Å². The number of hydrogen-bond donors (Lipinski definition) is 2. The number of benzene rings is 2. The molecule has 2 aromatic rings. The highest BCUT2D eigenvalue weighted by atomic mass is 35.5. The molecule has 0 fully saturated rings. The van der Waals surface area contributed by atoms with Crippen LogP contribution in [0.3, 0.4) is 0 Å². The van der Waals surface area contributed by atoms with E-state index in [0.29, 0.717) is 0 Å². The zero-order chi connectivity index (χ0) is 22.8. The Hall–Kier alpha value is -3.79. The van der Waals surface area contributed by atoms with Crippen LogP contribution in [0.5, 0.6) is 0 Å². The van der Waals surface area contributed by atoms with Crippen LogP contribution in [-0.2, 0) is 14.3 Å². The van der Waals surface area contributed by atoms with E-state index in [1.165, 1.54) is 36.4 Å². The number of nitro groups is 1. The maximum absolute atomic E-state index is 11.9. The van der Waals surface area contributed by atoms with Gasteiger partial charge in [0.15, 0.2) is 12.4 Å². The Kier molecular flexibility index (Phi) is 8.64. The molecule has 0 aliphatic heterocycles. The average molecular weight is 448 g/mol. The van der Waals surface area contributed by atoms with Crippen molar-refractivity contribution in [1.29, 1.82) is 0 Å². The molecule has 0 unspecified atom stereocenters. The van der Waals surface area contributed by atoms with Gasteiger partial charge in [-0.2, -0.15) is 0 Å². The van der Waals surface area contributed by atoms with Gasteiger partial charge in [-0.05, 0) is 30.7 Å². The Morgan fingerprint density at radius 2 is 1.65 bits per heavy atom. The number of rotatable bonds is 9. The summed E-state index contributed by atoms with van der Waals surface area (Å²) in [5.74, 6) is -2.29. The van der Waals surface area contributed by atoms with Gasteiger partial charge in [-0.15, -0.1) is 0 Å². The summed E-state index contributed by atoms with van der Waals surface area (Å²) in [6, 6.07) is 11.2. The SMILES string of the molecule is O=C(CCCC(=O)OCC(=O)c1ccc([N+](=O)[O-])cc1)NNC(=O)c1ccccc1Cl. The summed E-state index contributed by atoms with van der Waals surface area (Å²) >= 11 is 5.89. The quantitative estimate of drug-likeness (QED) is 0.260. The molecule has 10 nitrogen and oxygen atoms in total. The molecule has 2 aromatic carbocycles. The maximum Gasteiger partial charge on any atom is 0.306 e. The number of nitrogens with one attached hydrogen (secondary N) is 2. The molecular formula is C20H18ClN3O7. The molecule has 0 atom stereocenters. The highest BCUT2D eigenvalue weighted by molar-refractivity contribution is 6.33. The van der Waals surface area contributed by atoms with Gasteiger partial charge in [0, 0.05) is 30.5 Å². The smallest absolute Gasteiger partial charge is 0.306 e. The molecule has 2 N–H and O–H groups in total. The normalized spacial score (nSPS) is 10.1. The molecule has 11 heteroatoms. The van der Waals surface area contributed by atoms with Crippen molar-refractivity contribution in [3.63, 3.8) is 0 Å². The zero-order valence-electron chi connectivity index (χ0n) is 16.1. The molecule has 0 saturated carbocycles. The lowest BCUT2D eigenvalue weighted by Crippen LogP contribution is -2.41. The van der Waals surface area contributed by atoms with Gasteiger partial charge in [-0.1, -0.05) is 23.7 Å². The predicted molar refractivity (Wildman–Crippen MR) is 109 cm³/mol. The second-order valence-corrected chi connectivity index (χ2v) is 6.63. The van der Waals surface area contributed by atoms with Crippen LogP contribution in [0.1, 0.15) is 40.0 Å². The van der Waals surface area contributed by atoms with Crippen LogP contribution in [0.25, 0.3) is 0 Å². The number of amides is 2. The zero-order valence-corrected chi connectivity index (χ0v) is 16.9. The lowest BCUT2D eigenvalue weighted by molar-refractivity contribution is -0.384. The van der Waals surface area contributed by atoms with Crippen molar-refractivity contribution in [2.24, 2.45) is 0 Å². The van der Waals surface area contributed by atoms with Crippen molar-refractivity contribution in [3.05, 3.63) is 74.8 Å². The molecule has 0 bridgehead atoms. The molecule has 2 rings (SSSR count). The molecule has 0 radical (unpaired) electrons. The largest absolute Gasteiger partial charge is 0.457 e. The number of hydrazine groups is 1. The number of carbonyl (C=O) groups is 4. The van der Waals surface area contributed by atoms with Crippen molar-refractivity contribution < 1.29 is 28.8 Å². The van der Waals surface area contributed by atoms with Gasteiger partial charge in [-0.3, -0.25) is 40.1 Å². The van der Waals surface area contributed by atoms with Crippen LogP contribution in [0.4, 0.5) is 5.69 Å². The summed E-state index contributed by atoms with van der Waals surface area (Å²) in [6.07, 6.45) is -0.0357. The molecule has 2 amide bonds. The standard InChI is InChI=1S/C20H18ClN3O7/c21-16-5-2-1-4-15(16)20(28)23-22-18(26)6-3-7-19(27)31-12-17(25)13-8-10-14(11-9-13)24(29)30/h1-2,4-5,8-11H,3,6-7,12H2,(H,22,26)(H,23,28). The number of Topliss-reactive ketones (excluding diaryl/α,β-unsaturated/α-hetero) is 1. The molecule has 0 aromatic heterocycles. The van der Waals surface area contributed by atoms with E-state index in [1.807, 2.05) is 0 Å². The molecule has 0 heterocycles. The van der Waals surface area contributed by atoms with E-state index in [4.69, 9.17) is 16.3 Å². The molecule has 0 saturated heterocycles. The highest BCUT2D eigenvalue weighted by Crippen LogP contribution is 2.14. The number of ether oxygens (including phenoxy) is 1. The summed E-state index contributed by atoms with van der Waals surface area (Å²) in [4.78, 5) is 57.3. The molecule has 0 spiro atoms. The van der Waals surface area contributed by atoms with Crippen LogP contribution in [0.2, 0.25) is 5.02 Å². The van der Waals surface area contributed by atoms with Crippen LogP contribution < -0.4 is 10.9 Å². The van der Waals surface area contributed by atoms with Gasteiger partial charge >= 0.3 is 5.97 Å². The fourth-order valence-electron chi connectivity index (χ4n) is 2.37. The van der Waals surface area contributed by atoms with Gasteiger partial charge < -0.3 is 4.74 Å². The third kappa shape index (κ3) is 7.52. The minimum atomic E-state index is -0.678. The first-order valence-corrected chi connectivity index (χ1v) is 9.42. The number of esters is 1. The van der Waals surface area contributed by atoms with Gasteiger partial charge in [0.1, 0.15) is 0 Å². The lowest BCUT2D eigenvalue weighted by atomic mass is 10.1.